The molecule has 4 nitrogen and oxygen atoms in total. The number of pyridine rings is 1. The monoisotopic (exact) mass is 472 g/mol. The molecule has 0 aliphatic heterocycles. The molecule has 6 heteroatoms. The van der Waals surface area contributed by atoms with Crippen LogP contribution >= 0.6 is 35.6 Å². The van der Waals surface area contributed by atoms with Crippen LogP contribution in [0.5, 0.6) is 0 Å². The van der Waals surface area contributed by atoms with Crippen molar-refractivity contribution in [2.45, 2.75) is 33.7 Å². The molecule has 0 atom stereocenters. The quantitative estimate of drug-likeness (QED) is 0.286. The van der Waals surface area contributed by atoms with Crippen LogP contribution in [-0.2, 0) is 13.0 Å². The lowest BCUT2D eigenvalue weighted by molar-refractivity contribution is 0.798. The highest BCUT2D eigenvalue weighted by molar-refractivity contribution is 14.0. The summed E-state index contributed by atoms with van der Waals surface area (Å²) in [5.41, 5.74) is 4.99. The van der Waals surface area contributed by atoms with Gasteiger partial charge in [0.15, 0.2) is 5.96 Å². The van der Waals surface area contributed by atoms with Gasteiger partial charge in [-0.3, -0.25) is 0 Å². The van der Waals surface area contributed by atoms with E-state index in [0.29, 0.717) is 11.7 Å². The first-order valence-corrected chi connectivity index (χ1v) is 8.64. The lowest BCUT2D eigenvalue weighted by Gasteiger charge is -2.12. The average molecular weight is 473 g/mol. The minimum atomic E-state index is 0. The van der Waals surface area contributed by atoms with Gasteiger partial charge in [0, 0.05) is 19.3 Å². The van der Waals surface area contributed by atoms with E-state index in [9.17, 15) is 0 Å². The molecule has 2 rings (SSSR count). The summed E-state index contributed by atoms with van der Waals surface area (Å²) >= 11 is 5.80. The Labute approximate surface area is 172 Å². The van der Waals surface area contributed by atoms with Crippen molar-refractivity contribution in [3.63, 3.8) is 0 Å². The fourth-order valence-corrected chi connectivity index (χ4v) is 2.66. The molecule has 0 unspecified atom stereocenters. The second-order valence-electron chi connectivity index (χ2n) is 5.86. The highest BCUT2D eigenvalue weighted by Gasteiger charge is 2.00. The van der Waals surface area contributed by atoms with E-state index in [4.69, 9.17) is 11.6 Å². The SMILES string of the molecule is CCNC(=NCc1ccc(Cl)nc1)NCCc1cc(C)cc(C)c1.I. The minimum absolute atomic E-state index is 0. The Balaban J connectivity index is 0.00000312. The van der Waals surface area contributed by atoms with E-state index in [0.717, 1.165) is 31.0 Å². The zero-order valence-electron chi connectivity index (χ0n) is 15.0. The van der Waals surface area contributed by atoms with Crippen molar-refractivity contribution < 1.29 is 0 Å². The number of halogens is 2. The number of aryl methyl sites for hydroxylation is 2. The van der Waals surface area contributed by atoms with Crippen LogP contribution in [0.25, 0.3) is 0 Å². The molecule has 0 bridgehead atoms. The highest BCUT2D eigenvalue weighted by Crippen LogP contribution is 2.09. The normalized spacial score (nSPS) is 11.0. The number of aliphatic imine (C=N–C) groups is 1. The standard InChI is InChI=1S/C19H25ClN4.HI/c1-4-21-19(24-13-17-5-6-18(20)23-12-17)22-8-7-16-10-14(2)9-15(3)11-16;/h5-6,9-12H,4,7-8,13H2,1-3H3,(H2,21,22,24);1H. The summed E-state index contributed by atoms with van der Waals surface area (Å²) in [6, 6.07) is 10.4. The predicted octanol–water partition coefficient (Wildman–Crippen LogP) is 4.27. The number of benzene rings is 1. The number of hydrogen-bond acceptors (Lipinski definition) is 2. The van der Waals surface area contributed by atoms with Crippen LogP contribution in [0.1, 0.15) is 29.2 Å². The van der Waals surface area contributed by atoms with E-state index < -0.39 is 0 Å². The second-order valence-corrected chi connectivity index (χ2v) is 6.24. The summed E-state index contributed by atoms with van der Waals surface area (Å²) in [5.74, 6) is 0.817. The van der Waals surface area contributed by atoms with Crippen molar-refractivity contribution in [2.24, 2.45) is 4.99 Å². The lowest BCUT2D eigenvalue weighted by atomic mass is 10.1. The van der Waals surface area contributed by atoms with Gasteiger partial charge < -0.3 is 10.6 Å². The van der Waals surface area contributed by atoms with Gasteiger partial charge in [0.05, 0.1) is 6.54 Å². The van der Waals surface area contributed by atoms with Crippen molar-refractivity contribution in [3.8, 4) is 0 Å². The van der Waals surface area contributed by atoms with Gasteiger partial charge in [0.25, 0.3) is 0 Å². The molecular weight excluding hydrogens is 447 g/mol. The maximum absolute atomic E-state index is 5.80. The molecule has 2 aromatic rings. The van der Waals surface area contributed by atoms with Gasteiger partial charge in [0.2, 0.25) is 0 Å². The molecule has 1 aromatic carbocycles. The molecule has 25 heavy (non-hydrogen) atoms. The highest BCUT2D eigenvalue weighted by atomic mass is 127. The molecule has 1 heterocycles. The molecule has 2 N–H and O–H groups in total. The van der Waals surface area contributed by atoms with Gasteiger partial charge in [-0.1, -0.05) is 47.0 Å². The van der Waals surface area contributed by atoms with Gasteiger partial charge in [-0.2, -0.15) is 0 Å². The van der Waals surface area contributed by atoms with Crippen molar-refractivity contribution in [1.29, 1.82) is 0 Å². The molecule has 0 aliphatic rings. The molecule has 0 aliphatic carbocycles. The van der Waals surface area contributed by atoms with E-state index >= 15 is 0 Å². The van der Waals surface area contributed by atoms with Gasteiger partial charge in [-0.05, 0) is 44.4 Å². The van der Waals surface area contributed by atoms with E-state index in [2.05, 4.69) is 59.6 Å². The lowest BCUT2D eigenvalue weighted by Crippen LogP contribution is -2.38. The number of rotatable bonds is 6. The molecular formula is C19H26ClIN4. The Morgan fingerprint density at radius 3 is 2.40 bits per heavy atom. The number of hydrogen-bond donors (Lipinski definition) is 2. The largest absolute Gasteiger partial charge is 0.357 e. The molecule has 136 valence electrons. The summed E-state index contributed by atoms with van der Waals surface area (Å²) in [6.45, 7) is 8.57. The zero-order chi connectivity index (χ0) is 17.4. The van der Waals surface area contributed by atoms with Crippen LogP contribution in [0.3, 0.4) is 0 Å². The number of nitrogens with zero attached hydrogens (tertiary/aromatic N) is 2. The summed E-state index contributed by atoms with van der Waals surface area (Å²) < 4.78 is 0. The third-order valence-corrected chi connectivity index (χ3v) is 3.76. The summed E-state index contributed by atoms with van der Waals surface area (Å²) in [4.78, 5) is 8.67. The van der Waals surface area contributed by atoms with Crippen LogP contribution in [0, 0.1) is 13.8 Å². The number of aromatic nitrogens is 1. The Bertz CT molecular complexity index is 666. The molecule has 0 radical (unpaired) electrons. The van der Waals surface area contributed by atoms with Crippen LogP contribution in [0.2, 0.25) is 5.15 Å². The van der Waals surface area contributed by atoms with Crippen molar-refractivity contribution in [2.75, 3.05) is 13.1 Å². The average Bonchev–Trinajstić information content (AvgIpc) is 2.53. The first-order chi connectivity index (χ1) is 11.6. The van der Waals surface area contributed by atoms with Crippen molar-refractivity contribution >= 4 is 41.5 Å². The molecule has 1 aromatic heterocycles. The van der Waals surface area contributed by atoms with E-state index in [1.165, 1.54) is 16.7 Å². The maximum atomic E-state index is 5.80. The smallest absolute Gasteiger partial charge is 0.191 e. The fraction of sp³-hybridized carbons (Fsp3) is 0.368. The van der Waals surface area contributed by atoms with E-state index in [1.807, 2.05) is 6.07 Å². The third-order valence-electron chi connectivity index (χ3n) is 3.54. The third kappa shape index (κ3) is 8.05. The summed E-state index contributed by atoms with van der Waals surface area (Å²) in [6.07, 6.45) is 2.72. The van der Waals surface area contributed by atoms with Gasteiger partial charge >= 0.3 is 0 Å². The number of nitrogens with one attached hydrogen (secondary N) is 2. The second kappa shape index (κ2) is 11.3. The first-order valence-electron chi connectivity index (χ1n) is 8.26. The van der Waals surface area contributed by atoms with E-state index in [-0.39, 0.29) is 24.0 Å². The molecule has 0 saturated heterocycles. The minimum Gasteiger partial charge on any atom is -0.357 e. The fourth-order valence-electron chi connectivity index (χ4n) is 2.55. The molecule has 0 fully saturated rings. The van der Waals surface area contributed by atoms with Crippen LogP contribution in [0.15, 0.2) is 41.5 Å². The Kier molecular flexibility index (Phi) is 9.82. The van der Waals surface area contributed by atoms with Crippen LogP contribution in [0.4, 0.5) is 0 Å². The van der Waals surface area contributed by atoms with Crippen LogP contribution < -0.4 is 10.6 Å². The summed E-state index contributed by atoms with van der Waals surface area (Å²) in [5, 5.41) is 7.15. The Morgan fingerprint density at radius 2 is 1.80 bits per heavy atom. The first kappa shape index (κ1) is 21.7. The topological polar surface area (TPSA) is 49.3 Å². The van der Waals surface area contributed by atoms with Gasteiger partial charge in [-0.25, -0.2) is 9.98 Å². The maximum Gasteiger partial charge on any atom is 0.191 e. The molecule has 0 amide bonds. The Morgan fingerprint density at radius 1 is 1.08 bits per heavy atom. The molecule has 0 spiro atoms. The predicted molar refractivity (Wildman–Crippen MR) is 117 cm³/mol. The number of guanidine groups is 1. The van der Waals surface area contributed by atoms with Gasteiger partial charge in [-0.15, -0.1) is 24.0 Å². The Hall–Kier alpha value is -1.34. The zero-order valence-corrected chi connectivity index (χ0v) is 18.1. The molecule has 0 saturated carbocycles. The summed E-state index contributed by atoms with van der Waals surface area (Å²) in [7, 11) is 0. The van der Waals surface area contributed by atoms with Crippen molar-refractivity contribution in [1.82, 2.24) is 15.6 Å². The van der Waals surface area contributed by atoms with E-state index in [1.54, 1.807) is 12.3 Å². The van der Waals surface area contributed by atoms with Crippen LogP contribution in [-0.4, -0.2) is 24.0 Å². The van der Waals surface area contributed by atoms with Gasteiger partial charge in [0.1, 0.15) is 5.15 Å². The van der Waals surface area contributed by atoms with Crippen molar-refractivity contribution in [3.05, 3.63) is 63.9 Å².